The van der Waals surface area contributed by atoms with Crippen molar-refractivity contribution in [2.45, 2.75) is 90.6 Å². The zero-order valence-corrected chi connectivity index (χ0v) is 26.9. The third-order valence-electron chi connectivity index (χ3n) is 8.75. The number of anilines is 2. The highest BCUT2D eigenvalue weighted by atomic mass is 79.9. The summed E-state index contributed by atoms with van der Waals surface area (Å²) in [5, 5.41) is 0.670. The summed E-state index contributed by atoms with van der Waals surface area (Å²) in [7, 11) is -3.05. The first-order valence-electron chi connectivity index (χ1n) is 12.6. The fourth-order valence-electron chi connectivity index (χ4n) is 4.49. The summed E-state index contributed by atoms with van der Waals surface area (Å²) in [5.74, 6) is 2.33. The van der Waals surface area contributed by atoms with E-state index in [9.17, 15) is 4.79 Å². The maximum atomic E-state index is 10.8. The molecule has 8 heteroatoms. The summed E-state index contributed by atoms with van der Waals surface area (Å²) in [6.07, 6.45) is 6.63. The van der Waals surface area contributed by atoms with Gasteiger partial charge in [-0.3, -0.25) is 4.79 Å². The number of pyridine rings is 2. The summed E-state index contributed by atoms with van der Waals surface area (Å²) in [4.78, 5) is 20.0. The van der Waals surface area contributed by atoms with Crippen LogP contribution >= 0.6 is 15.9 Å². The van der Waals surface area contributed by atoms with Gasteiger partial charge in [0.05, 0.1) is 0 Å². The Balaban J connectivity index is 0.000000196. The van der Waals surface area contributed by atoms with Gasteiger partial charge in [-0.1, -0.05) is 67.7 Å². The van der Waals surface area contributed by atoms with Gasteiger partial charge in [0.15, 0.2) is 22.8 Å². The van der Waals surface area contributed by atoms with Crippen molar-refractivity contribution < 1.29 is 4.79 Å². The zero-order chi connectivity index (χ0) is 26.4. The van der Waals surface area contributed by atoms with Crippen molar-refractivity contribution in [1.82, 2.24) is 9.97 Å². The highest BCUT2D eigenvalue weighted by Crippen LogP contribution is 2.44. The molecule has 0 unspecified atom stereocenters. The van der Waals surface area contributed by atoms with Gasteiger partial charge in [-0.05, 0) is 62.1 Å². The first-order valence-corrected chi connectivity index (χ1v) is 19.3. The second-order valence-electron chi connectivity index (χ2n) is 12.9. The van der Waals surface area contributed by atoms with E-state index in [-0.39, 0.29) is 0 Å². The number of hydrogen-bond donors (Lipinski definition) is 0. The second kappa shape index (κ2) is 9.74. The van der Waals surface area contributed by atoms with Crippen LogP contribution in [0.5, 0.6) is 0 Å². The van der Waals surface area contributed by atoms with Crippen molar-refractivity contribution in [3.8, 4) is 0 Å². The van der Waals surface area contributed by atoms with Crippen molar-refractivity contribution in [2.75, 3.05) is 22.2 Å². The van der Waals surface area contributed by atoms with Gasteiger partial charge in [0.2, 0.25) is 0 Å². The topological polar surface area (TPSA) is 49.3 Å². The number of carbonyl (C=O) groups is 1. The molecule has 0 aliphatic carbocycles. The van der Waals surface area contributed by atoms with Gasteiger partial charge in [-0.15, -0.1) is 0 Å². The van der Waals surface area contributed by atoms with Crippen LogP contribution in [0.4, 0.5) is 11.6 Å². The maximum absolute atomic E-state index is 10.8. The minimum Gasteiger partial charge on any atom is -0.382 e. The Morgan fingerprint density at radius 2 is 1.23 bits per heavy atom. The zero-order valence-electron chi connectivity index (χ0n) is 23.3. The fourth-order valence-corrected chi connectivity index (χ4v) is 9.29. The molecule has 192 valence electrons. The Morgan fingerprint density at radius 3 is 1.66 bits per heavy atom. The minimum absolute atomic E-state index is 0.305. The van der Waals surface area contributed by atoms with E-state index in [0.29, 0.717) is 15.6 Å². The lowest BCUT2D eigenvalue weighted by Crippen LogP contribution is -2.54. The first kappa shape index (κ1) is 28.1. The largest absolute Gasteiger partial charge is 0.382 e. The van der Waals surface area contributed by atoms with E-state index < -0.39 is 16.5 Å². The Hall–Kier alpha value is -1.52. The number of nitrogens with zero attached hydrogens (tertiary/aromatic N) is 4. The predicted octanol–water partition coefficient (Wildman–Crippen LogP) is 7.47. The molecule has 2 aliphatic rings. The van der Waals surface area contributed by atoms with Crippen LogP contribution in [0.1, 0.15) is 63.0 Å². The van der Waals surface area contributed by atoms with Crippen molar-refractivity contribution in [3.63, 3.8) is 0 Å². The summed E-state index contributed by atoms with van der Waals surface area (Å²) in [5.41, 5.74) is 3.31. The predicted molar refractivity (Wildman–Crippen MR) is 158 cm³/mol. The van der Waals surface area contributed by atoms with Gasteiger partial charge in [0, 0.05) is 35.5 Å². The van der Waals surface area contributed by atoms with Crippen LogP contribution in [0, 0.1) is 0 Å². The standard InChI is InChI=1S/C14H22N2OSi.C13H21BrN2Si/c1-14(2,3)18(4,5)16-7-6-12-8-11(10-17)9-15-13(12)16;1-13(2,3)17(4,5)16-7-6-10-8-11(14)9-15-12(10)16/h8-10H,6-7H2,1-5H3;8-9H,6-7H2,1-5H3. The second-order valence-corrected chi connectivity index (χ2v) is 24.2. The highest BCUT2D eigenvalue weighted by Gasteiger charge is 2.45. The lowest BCUT2D eigenvalue weighted by molar-refractivity contribution is 0.112. The summed E-state index contributed by atoms with van der Waals surface area (Å²) in [6.45, 7) is 25.9. The van der Waals surface area contributed by atoms with Crippen molar-refractivity contribution >= 4 is 50.3 Å². The molecule has 0 radical (unpaired) electrons. The summed E-state index contributed by atoms with van der Waals surface area (Å²) in [6, 6.07) is 4.21. The van der Waals surface area contributed by atoms with Crippen molar-refractivity contribution in [1.29, 1.82) is 0 Å². The molecule has 35 heavy (non-hydrogen) atoms. The number of rotatable bonds is 3. The Bertz CT molecular complexity index is 1090. The van der Waals surface area contributed by atoms with Gasteiger partial charge in [-0.2, -0.15) is 0 Å². The van der Waals surface area contributed by atoms with Crippen molar-refractivity contribution in [3.05, 3.63) is 45.7 Å². The fraction of sp³-hybridized carbons (Fsp3) is 0.593. The molecular formula is C27H43BrN4OSi2. The molecule has 0 amide bonds. The maximum Gasteiger partial charge on any atom is 0.157 e. The Labute approximate surface area is 223 Å². The quantitative estimate of drug-likeness (QED) is 0.281. The van der Waals surface area contributed by atoms with Gasteiger partial charge >= 0.3 is 0 Å². The molecule has 4 rings (SSSR count). The number of halogens is 1. The van der Waals surface area contributed by atoms with E-state index in [2.05, 4.69) is 109 Å². The van der Waals surface area contributed by atoms with Gasteiger partial charge < -0.3 is 9.13 Å². The average Bonchev–Trinajstić information content (AvgIpc) is 3.36. The molecule has 0 N–H and O–H groups in total. The average molecular weight is 576 g/mol. The molecule has 0 saturated carbocycles. The van der Waals surface area contributed by atoms with E-state index in [1.807, 2.05) is 12.3 Å². The molecule has 0 saturated heterocycles. The van der Waals surface area contributed by atoms with Crippen LogP contribution in [0.25, 0.3) is 0 Å². The molecular weight excluding hydrogens is 532 g/mol. The Kier molecular flexibility index (Phi) is 7.81. The Morgan fingerprint density at radius 1 is 0.800 bits per heavy atom. The third-order valence-corrected chi connectivity index (χ3v) is 20.1. The van der Waals surface area contributed by atoms with E-state index in [0.717, 1.165) is 42.5 Å². The van der Waals surface area contributed by atoms with Crippen LogP contribution < -0.4 is 9.13 Å². The SMILES string of the molecule is CC(C)(C)[Si](C)(C)N1CCc2cc(Br)cnc21.CC(C)(C)[Si](C)(C)N1CCc2cc(C=O)cnc21. The van der Waals surface area contributed by atoms with Crippen LogP contribution in [-0.2, 0) is 12.8 Å². The lowest BCUT2D eigenvalue weighted by atomic mass is 10.2. The molecule has 5 nitrogen and oxygen atoms in total. The van der Waals surface area contributed by atoms with Crippen LogP contribution in [0.3, 0.4) is 0 Å². The van der Waals surface area contributed by atoms with E-state index in [4.69, 9.17) is 0 Å². The molecule has 0 atom stereocenters. The molecule has 0 bridgehead atoms. The summed E-state index contributed by atoms with van der Waals surface area (Å²) < 4.78 is 6.19. The van der Waals surface area contributed by atoms with E-state index >= 15 is 0 Å². The molecule has 0 fully saturated rings. The summed E-state index contributed by atoms with van der Waals surface area (Å²) >= 11 is 3.51. The van der Waals surface area contributed by atoms with Crippen LogP contribution in [-0.4, -0.2) is 45.8 Å². The molecule has 0 spiro atoms. The van der Waals surface area contributed by atoms with Crippen LogP contribution in [0.15, 0.2) is 29.0 Å². The molecule has 2 aromatic heterocycles. The number of aromatic nitrogens is 2. The molecule has 2 aliphatic heterocycles. The smallest absolute Gasteiger partial charge is 0.157 e. The normalized spacial score (nSPS) is 16.0. The molecule has 2 aromatic rings. The number of hydrogen-bond acceptors (Lipinski definition) is 5. The number of carbonyl (C=O) groups excluding carboxylic acids is 1. The number of aldehydes is 1. The monoisotopic (exact) mass is 574 g/mol. The van der Waals surface area contributed by atoms with Gasteiger partial charge in [-0.25, -0.2) is 9.97 Å². The minimum atomic E-state index is -1.57. The third kappa shape index (κ3) is 5.44. The first-order chi connectivity index (χ1) is 16.0. The van der Waals surface area contributed by atoms with E-state index in [1.54, 1.807) is 6.20 Å². The molecule has 4 heterocycles. The lowest BCUT2D eigenvalue weighted by Gasteiger charge is -2.44. The van der Waals surface area contributed by atoms with E-state index in [1.165, 1.54) is 16.9 Å². The van der Waals surface area contributed by atoms with Crippen LogP contribution in [0.2, 0.25) is 36.3 Å². The highest BCUT2D eigenvalue weighted by molar-refractivity contribution is 9.10. The number of fused-ring (bicyclic) bond motifs is 2. The molecule has 0 aromatic carbocycles. The van der Waals surface area contributed by atoms with Crippen molar-refractivity contribution in [2.24, 2.45) is 0 Å². The van der Waals surface area contributed by atoms with Gasteiger partial charge in [0.25, 0.3) is 0 Å². The van der Waals surface area contributed by atoms with Gasteiger partial charge in [0.1, 0.15) is 11.6 Å².